The Hall–Kier alpha value is -2.98. The summed E-state index contributed by atoms with van der Waals surface area (Å²) in [5.74, 6) is -0.400. The molecule has 0 aliphatic heterocycles. The largest absolute Gasteiger partial charge is 0.439 e. The number of aryl methyl sites for hydroxylation is 1. The molecule has 160 valence electrons. The number of sulfonamides is 1. The fourth-order valence-electron chi connectivity index (χ4n) is 3.89. The molecule has 1 atom stereocenters. The highest BCUT2D eigenvalue weighted by Gasteiger charge is 2.41. The number of fused-ring (bicyclic) bond motifs is 1. The lowest BCUT2D eigenvalue weighted by Gasteiger charge is -2.30. The molecule has 0 bridgehead atoms. The molecule has 8 nitrogen and oxygen atoms in total. The zero-order valence-corrected chi connectivity index (χ0v) is 18.5. The van der Waals surface area contributed by atoms with E-state index in [0.717, 1.165) is 28.5 Å². The number of anilines is 1. The van der Waals surface area contributed by atoms with Crippen molar-refractivity contribution in [2.24, 2.45) is 5.92 Å². The Balaban J connectivity index is 1.72. The lowest BCUT2D eigenvalue weighted by Crippen LogP contribution is -2.40. The van der Waals surface area contributed by atoms with Crippen LogP contribution in [0.1, 0.15) is 25.3 Å². The van der Waals surface area contributed by atoms with Crippen molar-refractivity contribution in [2.45, 2.75) is 37.6 Å². The van der Waals surface area contributed by atoms with Crippen LogP contribution in [0.3, 0.4) is 0 Å². The Morgan fingerprint density at radius 3 is 2.71 bits per heavy atom. The molecule has 1 saturated carbocycles. The maximum absolute atomic E-state index is 14.1. The minimum atomic E-state index is -4.02. The molecule has 1 unspecified atom stereocenters. The monoisotopic (exact) mass is 456 g/mol. The molecule has 0 saturated heterocycles. The van der Waals surface area contributed by atoms with Gasteiger partial charge in [-0.3, -0.25) is 18.8 Å². The van der Waals surface area contributed by atoms with E-state index in [-0.39, 0.29) is 22.3 Å². The second-order valence-corrected chi connectivity index (χ2v) is 10.5. The van der Waals surface area contributed by atoms with Crippen molar-refractivity contribution < 1.29 is 12.9 Å². The topological polar surface area (TPSA) is 109 Å². The fourth-order valence-corrected chi connectivity index (χ4v) is 7.31. The van der Waals surface area contributed by atoms with Crippen LogP contribution in [0.15, 0.2) is 56.9 Å². The molecule has 10 heteroatoms. The zero-order chi connectivity index (χ0) is 21.8. The first-order valence-electron chi connectivity index (χ1n) is 9.91. The highest BCUT2D eigenvalue weighted by Crippen LogP contribution is 2.46. The Bertz CT molecular complexity index is 1430. The first-order valence-corrected chi connectivity index (χ1v) is 12.2. The SMILES string of the molecule is Cc1c(N(C(C)C2CC2)S(=O)(=O)c2cnccc2-c2noc(=O)[nH]2)sc2ccccc12. The molecule has 0 radical (unpaired) electrons. The number of nitrogens with zero attached hydrogens (tertiary/aromatic N) is 3. The normalized spacial score (nSPS) is 15.3. The Labute approximate surface area is 182 Å². The van der Waals surface area contributed by atoms with Gasteiger partial charge in [-0.1, -0.05) is 23.4 Å². The van der Waals surface area contributed by atoms with Crippen LogP contribution in [0.2, 0.25) is 0 Å². The lowest BCUT2D eigenvalue weighted by atomic mass is 10.1. The summed E-state index contributed by atoms with van der Waals surface area (Å²) in [7, 11) is -4.02. The van der Waals surface area contributed by atoms with Crippen molar-refractivity contribution in [3.8, 4) is 11.4 Å². The maximum atomic E-state index is 14.1. The van der Waals surface area contributed by atoms with E-state index in [2.05, 4.69) is 19.6 Å². The van der Waals surface area contributed by atoms with Gasteiger partial charge >= 0.3 is 5.76 Å². The van der Waals surface area contributed by atoms with Crippen LogP contribution in [0.4, 0.5) is 5.00 Å². The molecular weight excluding hydrogens is 436 g/mol. The average Bonchev–Trinajstić information content (AvgIpc) is 3.45. The standard InChI is InChI=1S/C21H20N4O4S2/c1-12-15-5-3-4-6-17(15)30-20(12)25(13(2)14-7-8-14)31(27,28)18-11-22-10-9-16(18)19-23-21(26)29-24-19/h3-6,9-11,13-14H,7-8H2,1-2H3,(H,23,24,26). The number of hydrogen-bond acceptors (Lipinski definition) is 7. The van der Waals surface area contributed by atoms with E-state index >= 15 is 0 Å². The third kappa shape index (κ3) is 3.35. The second-order valence-electron chi connectivity index (χ2n) is 7.72. The fraction of sp³-hybridized carbons (Fsp3) is 0.286. The summed E-state index contributed by atoms with van der Waals surface area (Å²) < 4.78 is 35.3. The summed E-state index contributed by atoms with van der Waals surface area (Å²) in [6.45, 7) is 3.91. The van der Waals surface area contributed by atoms with Crippen molar-refractivity contribution in [3.63, 3.8) is 0 Å². The van der Waals surface area contributed by atoms with E-state index in [1.165, 1.54) is 34.1 Å². The van der Waals surface area contributed by atoms with Gasteiger partial charge in [-0.15, -0.1) is 11.3 Å². The van der Waals surface area contributed by atoms with Crippen molar-refractivity contribution in [1.29, 1.82) is 0 Å². The number of aromatic nitrogens is 3. The number of H-pyrrole nitrogens is 1. The Morgan fingerprint density at radius 2 is 2.03 bits per heavy atom. The minimum absolute atomic E-state index is 0.0242. The van der Waals surface area contributed by atoms with Gasteiger partial charge in [0.1, 0.15) is 9.90 Å². The smallest absolute Gasteiger partial charge is 0.296 e. The van der Waals surface area contributed by atoms with Gasteiger partial charge in [0, 0.05) is 28.7 Å². The van der Waals surface area contributed by atoms with E-state index < -0.39 is 15.8 Å². The Kier molecular flexibility index (Phi) is 4.71. The number of aromatic amines is 1. The lowest BCUT2D eigenvalue weighted by molar-refractivity contribution is 0.388. The van der Waals surface area contributed by atoms with Crippen LogP contribution in [0.5, 0.6) is 0 Å². The zero-order valence-electron chi connectivity index (χ0n) is 16.9. The highest BCUT2D eigenvalue weighted by atomic mass is 32.2. The van der Waals surface area contributed by atoms with Crippen LogP contribution in [-0.4, -0.2) is 29.6 Å². The van der Waals surface area contributed by atoms with Crippen LogP contribution in [0, 0.1) is 12.8 Å². The second kappa shape index (κ2) is 7.31. The third-order valence-electron chi connectivity index (χ3n) is 5.71. The van der Waals surface area contributed by atoms with Gasteiger partial charge in [0.2, 0.25) is 0 Å². The van der Waals surface area contributed by atoms with Crippen molar-refractivity contribution in [2.75, 3.05) is 4.31 Å². The van der Waals surface area contributed by atoms with E-state index in [9.17, 15) is 13.2 Å². The summed E-state index contributed by atoms with van der Waals surface area (Å²) in [5, 5.41) is 5.42. The number of thiophene rings is 1. The summed E-state index contributed by atoms with van der Waals surface area (Å²) >= 11 is 1.47. The summed E-state index contributed by atoms with van der Waals surface area (Å²) in [6, 6.07) is 9.20. The Morgan fingerprint density at radius 1 is 1.26 bits per heavy atom. The van der Waals surface area contributed by atoms with Crippen LogP contribution in [0.25, 0.3) is 21.5 Å². The number of pyridine rings is 1. The van der Waals surface area contributed by atoms with Crippen LogP contribution < -0.4 is 10.1 Å². The van der Waals surface area contributed by atoms with Gasteiger partial charge in [-0.2, -0.15) is 0 Å². The quantitative estimate of drug-likeness (QED) is 0.471. The average molecular weight is 457 g/mol. The van der Waals surface area contributed by atoms with Gasteiger partial charge in [-0.05, 0) is 55.7 Å². The molecule has 1 N–H and O–H groups in total. The molecular formula is C21H20N4O4S2. The molecule has 1 fully saturated rings. The van der Waals surface area contributed by atoms with Gasteiger partial charge in [0.15, 0.2) is 5.82 Å². The highest BCUT2D eigenvalue weighted by molar-refractivity contribution is 7.93. The summed E-state index contributed by atoms with van der Waals surface area (Å²) in [4.78, 5) is 17.9. The van der Waals surface area contributed by atoms with Gasteiger partial charge in [0.25, 0.3) is 10.0 Å². The molecule has 1 aromatic carbocycles. The first kappa shape index (κ1) is 20.0. The van der Waals surface area contributed by atoms with E-state index in [0.29, 0.717) is 10.9 Å². The van der Waals surface area contributed by atoms with Crippen molar-refractivity contribution in [1.82, 2.24) is 15.1 Å². The maximum Gasteiger partial charge on any atom is 0.439 e. The van der Waals surface area contributed by atoms with Gasteiger partial charge in [-0.25, -0.2) is 13.2 Å². The molecule has 5 rings (SSSR count). The third-order valence-corrected chi connectivity index (χ3v) is 9.01. The molecule has 0 spiro atoms. The summed E-state index contributed by atoms with van der Waals surface area (Å²) in [5.41, 5.74) is 1.17. The van der Waals surface area contributed by atoms with E-state index in [1.54, 1.807) is 0 Å². The molecule has 31 heavy (non-hydrogen) atoms. The van der Waals surface area contributed by atoms with Crippen LogP contribution >= 0.6 is 11.3 Å². The van der Waals surface area contributed by atoms with Gasteiger partial charge < -0.3 is 0 Å². The van der Waals surface area contributed by atoms with E-state index in [1.807, 2.05) is 38.1 Å². The van der Waals surface area contributed by atoms with Crippen molar-refractivity contribution >= 4 is 36.4 Å². The number of nitrogens with one attached hydrogen (secondary N) is 1. The molecule has 3 heterocycles. The number of benzene rings is 1. The minimum Gasteiger partial charge on any atom is -0.296 e. The predicted molar refractivity (Wildman–Crippen MR) is 119 cm³/mol. The van der Waals surface area contributed by atoms with E-state index in [4.69, 9.17) is 0 Å². The first-order chi connectivity index (χ1) is 14.9. The predicted octanol–water partition coefficient (Wildman–Crippen LogP) is 3.94. The van der Waals surface area contributed by atoms with Crippen molar-refractivity contribution in [3.05, 3.63) is 58.8 Å². The van der Waals surface area contributed by atoms with Crippen LogP contribution in [-0.2, 0) is 10.0 Å². The molecule has 4 aromatic rings. The molecule has 1 aliphatic carbocycles. The van der Waals surface area contributed by atoms with Gasteiger partial charge in [0.05, 0.1) is 0 Å². The molecule has 3 aromatic heterocycles. The summed E-state index contributed by atoms with van der Waals surface area (Å²) in [6.07, 6.45) is 4.74. The number of hydrogen-bond donors (Lipinski definition) is 1. The number of rotatable bonds is 6. The molecule has 1 aliphatic rings. The molecule has 0 amide bonds.